The fourth-order valence-corrected chi connectivity index (χ4v) is 5.74. The van der Waals surface area contributed by atoms with Gasteiger partial charge in [-0.1, -0.05) is 0 Å². The average Bonchev–Trinajstić information content (AvgIpc) is 3.27. The summed E-state index contributed by atoms with van der Waals surface area (Å²) in [4.78, 5) is 0. The van der Waals surface area contributed by atoms with Gasteiger partial charge in [-0.25, -0.2) is 0 Å². The first-order valence-electron chi connectivity index (χ1n) is 13.9. The van der Waals surface area contributed by atoms with Crippen molar-refractivity contribution in [2.75, 3.05) is 19.7 Å². The van der Waals surface area contributed by atoms with E-state index in [0.29, 0.717) is 0 Å². The van der Waals surface area contributed by atoms with Crippen LogP contribution in [0.4, 0.5) is 0 Å². The lowest BCUT2D eigenvalue weighted by atomic mass is 9.84. The minimum absolute atomic E-state index is 0.0889. The quantitative estimate of drug-likeness (QED) is 0.115. The van der Waals surface area contributed by atoms with Crippen LogP contribution < -0.4 is 34.4 Å². The van der Waals surface area contributed by atoms with Gasteiger partial charge in [0.05, 0.1) is 24.8 Å². The van der Waals surface area contributed by atoms with Crippen molar-refractivity contribution in [3.05, 3.63) is 0 Å². The third-order valence-corrected chi connectivity index (χ3v) is 8.37. The number of hydrogen-bond donors (Lipinski definition) is 13. The maximum absolute atomic E-state index is 11.1. The van der Waals surface area contributed by atoms with E-state index in [9.17, 15) is 35.7 Å². The van der Waals surface area contributed by atoms with E-state index in [1.807, 2.05) is 0 Å². The summed E-state index contributed by atoms with van der Waals surface area (Å²) in [7, 11) is 0. The van der Waals surface area contributed by atoms with E-state index in [2.05, 4.69) is 0 Å². The first-order chi connectivity index (χ1) is 19.8. The molecule has 19 nitrogen and oxygen atoms in total. The molecule has 0 aromatic heterocycles. The van der Waals surface area contributed by atoms with Gasteiger partial charge in [-0.3, -0.25) is 0 Å². The molecule has 0 amide bonds. The largest absolute Gasteiger partial charge is 0.394 e. The molecule has 42 heavy (non-hydrogen) atoms. The molecule has 4 fully saturated rings. The van der Waals surface area contributed by atoms with Crippen LogP contribution >= 0.6 is 0 Å². The van der Waals surface area contributed by atoms with Crippen molar-refractivity contribution in [2.45, 2.75) is 123 Å². The molecule has 1 saturated carbocycles. The van der Waals surface area contributed by atoms with Gasteiger partial charge in [-0.15, -0.1) is 0 Å². The third kappa shape index (κ3) is 6.60. The molecule has 3 saturated heterocycles. The highest BCUT2D eigenvalue weighted by Crippen LogP contribution is 2.34. The van der Waals surface area contributed by atoms with Crippen molar-refractivity contribution in [3.63, 3.8) is 0 Å². The average molecular weight is 615 g/mol. The first-order valence-corrected chi connectivity index (χ1v) is 13.9. The molecule has 0 bridgehead atoms. The van der Waals surface area contributed by atoms with Crippen molar-refractivity contribution in [1.29, 1.82) is 0 Å². The summed E-state index contributed by atoms with van der Waals surface area (Å²) in [6.07, 6.45) is -19.8. The Morgan fingerprint density at radius 2 is 0.976 bits per heavy atom. The monoisotopic (exact) mass is 614 g/mol. The molecule has 0 radical (unpaired) electrons. The second kappa shape index (κ2) is 14.1. The Bertz CT molecular complexity index is 868. The molecule has 19 heteroatoms. The number of nitrogens with two attached hydrogens (primary N) is 6. The zero-order valence-electron chi connectivity index (χ0n) is 22.8. The lowest BCUT2D eigenvalue weighted by Crippen LogP contribution is -2.68. The minimum atomic E-state index is -1.60. The van der Waals surface area contributed by atoms with Gasteiger partial charge in [0.2, 0.25) is 0 Å². The van der Waals surface area contributed by atoms with Gasteiger partial charge in [-0.2, -0.15) is 0 Å². The molecule has 15 unspecified atom stereocenters. The predicted molar refractivity (Wildman–Crippen MR) is 138 cm³/mol. The molecule has 1 aliphatic carbocycles. The Labute approximate surface area is 241 Å². The minimum Gasteiger partial charge on any atom is -0.394 e. The van der Waals surface area contributed by atoms with E-state index in [4.69, 9.17) is 62.8 Å². The Kier molecular flexibility index (Phi) is 11.5. The molecule has 4 aliphatic rings. The van der Waals surface area contributed by atoms with E-state index in [1.54, 1.807) is 0 Å². The number of rotatable bonds is 9. The smallest absolute Gasteiger partial charge is 0.187 e. The SMILES string of the molecule is NCC1OC(OC2C(N)CC(N)C(O)C2O[C@@H]2O[C@H](CO)[C@@H](OC3OC(CN)C(O)C(O)C3N)[C@H]2O)C(N)C(O)C1O. The van der Waals surface area contributed by atoms with Crippen molar-refractivity contribution >= 4 is 0 Å². The summed E-state index contributed by atoms with van der Waals surface area (Å²) in [5.74, 6) is 0. The van der Waals surface area contributed by atoms with E-state index < -0.39 is 123 Å². The van der Waals surface area contributed by atoms with Crippen LogP contribution in [0.25, 0.3) is 0 Å². The van der Waals surface area contributed by atoms with Crippen LogP contribution in [0, 0.1) is 0 Å². The molecule has 4 rings (SSSR count). The second-order valence-electron chi connectivity index (χ2n) is 11.2. The molecule has 246 valence electrons. The van der Waals surface area contributed by atoms with Gasteiger partial charge in [0.15, 0.2) is 18.9 Å². The standard InChI is InChI=1S/C23H46N6O13/c24-2-7-13(32)15(34)10(28)21(37-7)40-18-6(27)1-5(26)12(31)20(18)42-23-17(36)19(9(4-30)39-23)41-22-11(29)16(35)14(33)8(3-25)38-22/h5-23,30-36H,1-4,24-29H2/t5?,6?,7?,8?,9-,10?,11?,12?,13?,14?,15?,16?,17-,18?,19-,20?,21?,22?,23+/m1/s1. The maximum atomic E-state index is 11.1. The zero-order chi connectivity index (χ0) is 31.0. The van der Waals surface area contributed by atoms with Crippen LogP contribution in [-0.2, 0) is 28.4 Å². The molecule has 3 aliphatic heterocycles. The summed E-state index contributed by atoms with van der Waals surface area (Å²) in [5.41, 5.74) is 35.6. The summed E-state index contributed by atoms with van der Waals surface area (Å²) in [5, 5.41) is 73.0. The molecule has 3 heterocycles. The molecule has 19 N–H and O–H groups in total. The van der Waals surface area contributed by atoms with Gasteiger partial charge in [0, 0.05) is 25.2 Å². The highest BCUT2D eigenvalue weighted by Gasteiger charge is 2.54. The predicted octanol–water partition coefficient (Wildman–Crippen LogP) is -8.90. The Morgan fingerprint density at radius 3 is 1.45 bits per heavy atom. The Hall–Kier alpha value is -0.760. The number of ether oxygens (including phenoxy) is 6. The lowest BCUT2D eigenvalue weighted by Gasteiger charge is -2.47. The highest BCUT2D eigenvalue weighted by atomic mass is 16.8. The molecule has 0 spiro atoms. The van der Waals surface area contributed by atoms with Crippen molar-refractivity contribution in [2.24, 2.45) is 34.4 Å². The van der Waals surface area contributed by atoms with Gasteiger partial charge in [-0.05, 0) is 6.42 Å². The third-order valence-electron chi connectivity index (χ3n) is 8.37. The fourth-order valence-electron chi connectivity index (χ4n) is 5.74. The lowest BCUT2D eigenvalue weighted by molar-refractivity contribution is -0.306. The van der Waals surface area contributed by atoms with Crippen LogP contribution in [0.2, 0.25) is 0 Å². The topological polar surface area (TPSA) is 353 Å². The number of aliphatic hydroxyl groups is 7. The molecular weight excluding hydrogens is 568 g/mol. The van der Waals surface area contributed by atoms with Crippen molar-refractivity contribution in [3.8, 4) is 0 Å². The van der Waals surface area contributed by atoms with E-state index in [1.165, 1.54) is 0 Å². The van der Waals surface area contributed by atoms with E-state index in [-0.39, 0.29) is 19.5 Å². The summed E-state index contributed by atoms with van der Waals surface area (Å²) >= 11 is 0. The van der Waals surface area contributed by atoms with Crippen LogP contribution in [-0.4, -0.2) is 172 Å². The zero-order valence-corrected chi connectivity index (χ0v) is 22.8. The van der Waals surface area contributed by atoms with E-state index in [0.717, 1.165) is 0 Å². The summed E-state index contributed by atoms with van der Waals surface area (Å²) < 4.78 is 34.6. The van der Waals surface area contributed by atoms with Gasteiger partial charge in [0.25, 0.3) is 0 Å². The molecule has 19 atom stereocenters. The van der Waals surface area contributed by atoms with Gasteiger partial charge < -0.3 is 98.6 Å². The summed E-state index contributed by atoms with van der Waals surface area (Å²) in [6.45, 7) is -0.967. The first kappa shape index (κ1) is 34.1. The van der Waals surface area contributed by atoms with E-state index >= 15 is 0 Å². The maximum Gasteiger partial charge on any atom is 0.187 e. The van der Waals surface area contributed by atoms with Crippen LogP contribution in [0.3, 0.4) is 0 Å². The van der Waals surface area contributed by atoms with Gasteiger partial charge in [0.1, 0.15) is 67.1 Å². The van der Waals surface area contributed by atoms with Crippen molar-refractivity contribution in [1.82, 2.24) is 0 Å². The molecular formula is C23H46N6O13. The van der Waals surface area contributed by atoms with Crippen LogP contribution in [0.15, 0.2) is 0 Å². The molecule has 0 aromatic rings. The highest BCUT2D eigenvalue weighted by molar-refractivity contribution is 5.02. The number of aliphatic hydroxyl groups excluding tert-OH is 7. The number of hydrogen-bond acceptors (Lipinski definition) is 19. The Balaban J connectivity index is 1.50. The molecule has 0 aromatic carbocycles. The Morgan fingerprint density at radius 1 is 0.524 bits per heavy atom. The fraction of sp³-hybridized carbons (Fsp3) is 1.00. The van der Waals surface area contributed by atoms with Gasteiger partial charge >= 0.3 is 0 Å². The van der Waals surface area contributed by atoms with Crippen LogP contribution in [0.5, 0.6) is 0 Å². The normalized spacial score (nSPS) is 53.8. The van der Waals surface area contributed by atoms with Crippen molar-refractivity contribution < 1.29 is 64.2 Å². The van der Waals surface area contributed by atoms with Crippen LogP contribution in [0.1, 0.15) is 6.42 Å². The summed E-state index contributed by atoms with van der Waals surface area (Å²) in [6, 6.07) is -4.18. The second-order valence-corrected chi connectivity index (χ2v) is 11.2.